The molecule has 0 unspecified atom stereocenters. The number of rotatable bonds is 18. The van der Waals surface area contributed by atoms with E-state index in [1.807, 2.05) is 43.3 Å². The zero-order valence-electron chi connectivity index (χ0n) is 30.6. The number of sulfonamides is 1. The first-order valence-electron chi connectivity index (χ1n) is 17.7. The predicted molar refractivity (Wildman–Crippen MR) is 196 cm³/mol. The average Bonchev–Trinajstić information content (AvgIpc) is 3.12. The number of anilines is 1. The Morgan fingerprint density at radius 3 is 2.24 bits per heavy atom. The first-order valence-corrected chi connectivity index (χ1v) is 19.1. The summed E-state index contributed by atoms with van der Waals surface area (Å²) in [5.41, 5.74) is 3.77. The van der Waals surface area contributed by atoms with Gasteiger partial charge >= 0.3 is 0 Å². The normalized spacial score (nSPS) is 19.9. The fraction of sp³-hybridized carbons (Fsp3) is 0.538. The van der Waals surface area contributed by atoms with Crippen LogP contribution in [0, 0.1) is 6.92 Å². The Morgan fingerprint density at radius 2 is 1.55 bits per heavy atom. The van der Waals surface area contributed by atoms with Crippen LogP contribution >= 0.6 is 0 Å². The molecule has 2 aliphatic heterocycles. The molecule has 3 aromatic carbocycles. The summed E-state index contributed by atoms with van der Waals surface area (Å²) in [6.45, 7) is 10.2. The highest BCUT2D eigenvalue weighted by atomic mass is 32.2. The van der Waals surface area contributed by atoms with E-state index in [9.17, 15) is 13.5 Å². The Kier molecular flexibility index (Phi) is 13.9. The van der Waals surface area contributed by atoms with Crippen molar-refractivity contribution in [3.8, 4) is 5.75 Å². The third kappa shape index (κ3) is 10.7. The lowest BCUT2D eigenvalue weighted by molar-refractivity contribution is -0.109. The molecule has 1 N–H and O–H groups in total. The molecule has 0 saturated carbocycles. The predicted octanol–water partition coefficient (Wildman–Crippen LogP) is 4.92. The van der Waals surface area contributed by atoms with Crippen molar-refractivity contribution in [3.63, 3.8) is 0 Å². The van der Waals surface area contributed by atoms with Crippen LogP contribution in [0.3, 0.4) is 0 Å². The fourth-order valence-corrected chi connectivity index (χ4v) is 7.93. The molecule has 3 atom stereocenters. The van der Waals surface area contributed by atoms with Crippen LogP contribution in [0.25, 0.3) is 0 Å². The van der Waals surface area contributed by atoms with Gasteiger partial charge in [-0.1, -0.05) is 48.0 Å². The van der Waals surface area contributed by atoms with E-state index in [1.54, 1.807) is 52.3 Å². The zero-order valence-corrected chi connectivity index (χ0v) is 31.4. The van der Waals surface area contributed by atoms with Gasteiger partial charge in [-0.3, -0.25) is 0 Å². The second-order valence-corrected chi connectivity index (χ2v) is 15.9. The Morgan fingerprint density at radius 1 is 0.863 bits per heavy atom. The average molecular weight is 727 g/mol. The summed E-state index contributed by atoms with van der Waals surface area (Å²) in [5, 5.41) is 10.7. The van der Waals surface area contributed by atoms with Crippen molar-refractivity contribution < 1.29 is 41.9 Å². The number of nitrogens with zero attached hydrogens (tertiary/aromatic N) is 2. The van der Waals surface area contributed by atoms with E-state index >= 15 is 0 Å². The smallest absolute Gasteiger partial charge is 0.243 e. The van der Waals surface area contributed by atoms with Gasteiger partial charge in [0.2, 0.25) is 10.0 Å². The number of aryl methyl sites for hydroxylation is 1. The first kappa shape index (κ1) is 39.1. The van der Waals surface area contributed by atoms with Gasteiger partial charge in [-0.25, -0.2) is 8.42 Å². The van der Waals surface area contributed by atoms with Crippen LogP contribution in [0.2, 0.25) is 0 Å². The third-order valence-corrected chi connectivity index (χ3v) is 11.0. The molecule has 5 rings (SSSR count). The molecular formula is C39H54N2O9S. The number of aliphatic hydroxyl groups is 1. The van der Waals surface area contributed by atoms with Crippen LogP contribution in [-0.4, -0.2) is 109 Å². The van der Waals surface area contributed by atoms with Crippen LogP contribution in [-0.2, 0) is 46.9 Å². The molecule has 11 nitrogen and oxygen atoms in total. The quantitative estimate of drug-likeness (QED) is 0.181. The Bertz CT molecular complexity index is 1630. The molecule has 280 valence electrons. The van der Waals surface area contributed by atoms with E-state index in [0.717, 1.165) is 53.2 Å². The summed E-state index contributed by atoms with van der Waals surface area (Å²) >= 11 is 0. The van der Waals surface area contributed by atoms with Gasteiger partial charge in [-0.2, -0.15) is 4.31 Å². The van der Waals surface area contributed by atoms with Crippen LogP contribution in [0.15, 0.2) is 71.6 Å². The lowest BCUT2D eigenvalue weighted by Crippen LogP contribution is -2.55. The maximum atomic E-state index is 14.1. The molecule has 0 amide bonds. The van der Waals surface area contributed by atoms with E-state index in [0.29, 0.717) is 33.0 Å². The second kappa shape index (κ2) is 18.1. The first-order chi connectivity index (χ1) is 24.5. The zero-order chi connectivity index (χ0) is 36.4. The van der Waals surface area contributed by atoms with Crippen LogP contribution < -0.4 is 9.64 Å². The number of hydrogen-bond acceptors (Lipinski definition) is 10. The summed E-state index contributed by atoms with van der Waals surface area (Å²) in [5.74, 6) is 0.506. The van der Waals surface area contributed by atoms with Gasteiger partial charge in [0, 0.05) is 46.4 Å². The molecule has 51 heavy (non-hydrogen) atoms. The van der Waals surface area contributed by atoms with Gasteiger partial charge in [0.05, 0.1) is 68.0 Å². The monoisotopic (exact) mass is 726 g/mol. The van der Waals surface area contributed by atoms with E-state index in [-0.39, 0.29) is 37.1 Å². The molecule has 0 aromatic heterocycles. The molecule has 0 spiro atoms. The molecule has 12 heteroatoms. The number of ether oxygens (including phenoxy) is 6. The summed E-state index contributed by atoms with van der Waals surface area (Å²) in [7, 11) is -0.536. The van der Waals surface area contributed by atoms with Gasteiger partial charge in [-0.15, -0.1) is 0 Å². The van der Waals surface area contributed by atoms with Crippen LogP contribution in [0.5, 0.6) is 5.75 Å². The van der Waals surface area contributed by atoms with Gasteiger partial charge in [0.25, 0.3) is 0 Å². The lowest BCUT2D eigenvalue weighted by Gasteiger charge is -2.43. The van der Waals surface area contributed by atoms with Gasteiger partial charge in [-0.05, 0) is 68.1 Å². The molecule has 1 saturated heterocycles. The minimum Gasteiger partial charge on any atom is -0.490 e. The number of benzene rings is 3. The SMILES string of the molecule is COCCCN1CCOc2ccc(CO[C@H]3CN(S(=O)(=O)c4ccc(C)cc4)C[C@@H](OCC(C)(C)O)[C@@H]3c3ccc(COCCOC)cc3)cc21. The van der Waals surface area contributed by atoms with E-state index in [2.05, 4.69) is 11.0 Å². The summed E-state index contributed by atoms with van der Waals surface area (Å²) < 4.78 is 64.9. The molecular weight excluding hydrogens is 673 g/mol. The number of methoxy groups -OCH3 is 2. The molecule has 2 aliphatic rings. The second-order valence-electron chi connectivity index (χ2n) is 13.9. The number of piperidine rings is 1. The molecule has 1 fully saturated rings. The highest BCUT2D eigenvalue weighted by molar-refractivity contribution is 7.89. The fourth-order valence-electron chi connectivity index (χ4n) is 6.46. The van der Waals surface area contributed by atoms with Gasteiger partial charge < -0.3 is 38.4 Å². The van der Waals surface area contributed by atoms with Gasteiger partial charge in [0.15, 0.2) is 0 Å². The number of fused-ring (bicyclic) bond motifs is 1. The molecule has 3 aromatic rings. The standard InChI is InChI=1S/C39H54N2O9S/c1-29-7-14-33(15-8-29)51(43,44)41-24-36(49-27-31-11-16-35-34(23-31)40(18-20-48-35)17-6-19-45-4)38(37(25-41)50-28-39(2,3)42)32-12-9-30(10-13-32)26-47-22-21-46-5/h7-16,23,36-38,42H,6,17-22,24-28H2,1-5H3/t36-,37+,38+/m0/s1. The van der Waals surface area contributed by atoms with Gasteiger partial charge in [0.1, 0.15) is 12.4 Å². The number of hydrogen-bond donors (Lipinski definition) is 1. The minimum absolute atomic E-state index is 0.0223. The third-order valence-electron chi connectivity index (χ3n) is 9.17. The Labute approximate surface area is 303 Å². The summed E-state index contributed by atoms with van der Waals surface area (Å²) in [4.78, 5) is 2.52. The van der Waals surface area contributed by atoms with Crippen LogP contribution in [0.4, 0.5) is 5.69 Å². The lowest BCUT2D eigenvalue weighted by atomic mass is 9.84. The van der Waals surface area contributed by atoms with E-state index < -0.39 is 27.8 Å². The van der Waals surface area contributed by atoms with Crippen molar-refractivity contribution in [2.45, 2.75) is 69.0 Å². The maximum Gasteiger partial charge on any atom is 0.243 e. The van der Waals surface area contributed by atoms with Crippen LogP contribution in [0.1, 0.15) is 48.4 Å². The molecule has 2 heterocycles. The molecule has 0 bridgehead atoms. The van der Waals surface area contributed by atoms with Crippen molar-refractivity contribution in [2.75, 3.05) is 78.3 Å². The van der Waals surface area contributed by atoms with Crippen molar-refractivity contribution >= 4 is 15.7 Å². The Balaban J connectivity index is 1.45. The Hall–Kier alpha value is -3.07. The highest BCUT2D eigenvalue weighted by Gasteiger charge is 2.44. The van der Waals surface area contributed by atoms with E-state index in [1.165, 1.54) is 4.31 Å². The largest absolute Gasteiger partial charge is 0.490 e. The highest BCUT2D eigenvalue weighted by Crippen LogP contribution is 2.37. The van der Waals surface area contributed by atoms with Crippen molar-refractivity contribution in [2.24, 2.45) is 0 Å². The maximum absolute atomic E-state index is 14.1. The minimum atomic E-state index is -3.89. The van der Waals surface area contributed by atoms with Crippen molar-refractivity contribution in [1.82, 2.24) is 4.31 Å². The molecule has 0 aliphatic carbocycles. The summed E-state index contributed by atoms with van der Waals surface area (Å²) in [6.07, 6.45) is -0.275. The molecule has 0 radical (unpaired) electrons. The topological polar surface area (TPSA) is 116 Å². The van der Waals surface area contributed by atoms with E-state index in [4.69, 9.17) is 28.4 Å². The van der Waals surface area contributed by atoms with Crippen molar-refractivity contribution in [3.05, 3.63) is 89.0 Å². The summed E-state index contributed by atoms with van der Waals surface area (Å²) in [6, 6.07) is 21.1. The van der Waals surface area contributed by atoms with Crippen molar-refractivity contribution in [1.29, 1.82) is 0 Å².